The summed E-state index contributed by atoms with van der Waals surface area (Å²) >= 11 is 3.00. The third-order valence-electron chi connectivity index (χ3n) is 1.91. The molecule has 2 N–H and O–H groups in total. The summed E-state index contributed by atoms with van der Waals surface area (Å²) in [5, 5.41) is 1.52. The third-order valence-corrected chi connectivity index (χ3v) is 3.52. The molecule has 84 valence electrons. The first-order valence-corrected chi connectivity index (χ1v) is 6.63. The first-order valence-electron chi connectivity index (χ1n) is 4.59. The van der Waals surface area contributed by atoms with E-state index in [1.807, 2.05) is 19.2 Å². The fraction of sp³-hybridized carbons (Fsp3) is 0.200. The summed E-state index contributed by atoms with van der Waals surface area (Å²) in [5.41, 5.74) is 5.70. The number of nitrogens with zero attached hydrogens (tertiary/aromatic N) is 2. The number of rotatable bonds is 3. The van der Waals surface area contributed by atoms with E-state index in [1.54, 1.807) is 12.3 Å². The lowest BCUT2D eigenvalue weighted by molar-refractivity contribution is 0.527. The zero-order valence-corrected chi connectivity index (χ0v) is 10.6. The molecule has 0 aliphatic heterocycles. The van der Waals surface area contributed by atoms with Gasteiger partial charge in [0.1, 0.15) is 16.6 Å². The highest BCUT2D eigenvalue weighted by atomic mass is 32.2. The maximum absolute atomic E-state index is 5.70. The fourth-order valence-electron chi connectivity index (χ4n) is 1.16. The van der Waals surface area contributed by atoms with Crippen molar-refractivity contribution in [1.29, 1.82) is 0 Å². The number of aryl methyl sites for hydroxylation is 1. The molecule has 0 amide bonds. The Bertz CT molecular complexity index is 499. The van der Waals surface area contributed by atoms with E-state index in [2.05, 4.69) is 9.97 Å². The molecule has 0 bridgehead atoms. The van der Waals surface area contributed by atoms with Gasteiger partial charge in [-0.05, 0) is 19.2 Å². The van der Waals surface area contributed by atoms with Crippen molar-refractivity contribution in [3.05, 3.63) is 24.2 Å². The molecule has 0 radical (unpaired) electrons. The van der Waals surface area contributed by atoms with Crippen LogP contribution in [0.5, 0.6) is 0 Å². The van der Waals surface area contributed by atoms with Gasteiger partial charge in [-0.15, -0.1) is 0 Å². The summed E-state index contributed by atoms with van der Waals surface area (Å²) in [6, 6.07) is 3.67. The minimum absolute atomic E-state index is 0.489. The molecule has 0 saturated carbocycles. The predicted octanol–water partition coefficient (Wildman–Crippen LogP) is 2.83. The Morgan fingerprint density at radius 3 is 2.81 bits per heavy atom. The standard InChI is InChI=1S/C10H11N3OS2/c1-6-7(3-4-14-6)16-9-5-8(11)12-10(13-9)15-2/h3-5H,1-2H3,(H2,11,12,13). The number of aromatic nitrogens is 2. The average Bonchev–Trinajstić information content (AvgIpc) is 2.63. The molecule has 2 heterocycles. The van der Waals surface area contributed by atoms with E-state index in [4.69, 9.17) is 10.2 Å². The number of thioether (sulfide) groups is 1. The van der Waals surface area contributed by atoms with Crippen LogP contribution in [0, 0.1) is 6.92 Å². The summed E-state index contributed by atoms with van der Waals surface area (Å²) in [4.78, 5) is 9.50. The Labute approximate surface area is 102 Å². The van der Waals surface area contributed by atoms with Crippen LogP contribution >= 0.6 is 23.5 Å². The van der Waals surface area contributed by atoms with E-state index in [0.29, 0.717) is 11.0 Å². The largest absolute Gasteiger partial charge is 0.468 e. The van der Waals surface area contributed by atoms with E-state index in [-0.39, 0.29) is 0 Å². The average molecular weight is 253 g/mol. The van der Waals surface area contributed by atoms with Crippen molar-refractivity contribution in [3.63, 3.8) is 0 Å². The smallest absolute Gasteiger partial charge is 0.190 e. The number of anilines is 1. The Kier molecular flexibility index (Phi) is 3.40. The second-order valence-corrected chi connectivity index (χ2v) is 4.90. The van der Waals surface area contributed by atoms with Crippen LogP contribution in [0.4, 0.5) is 5.82 Å². The Morgan fingerprint density at radius 2 is 2.19 bits per heavy atom. The van der Waals surface area contributed by atoms with Gasteiger partial charge in [0.05, 0.1) is 11.2 Å². The summed E-state index contributed by atoms with van der Waals surface area (Å²) in [6.07, 6.45) is 3.59. The molecule has 0 atom stereocenters. The maximum atomic E-state index is 5.70. The molecule has 0 unspecified atom stereocenters. The predicted molar refractivity (Wildman–Crippen MR) is 65.8 cm³/mol. The van der Waals surface area contributed by atoms with Gasteiger partial charge in [-0.2, -0.15) is 0 Å². The zero-order valence-electron chi connectivity index (χ0n) is 8.93. The Hall–Kier alpha value is -1.14. The maximum Gasteiger partial charge on any atom is 0.190 e. The molecular weight excluding hydrogens is 242 g/mol. The normalized spacial score (nSPS) is 10.6. The van der Waals surface area contributed by atoms with E-state index in [1.165, 1.54) is 23.5 Å². The number of nitrogens with two attached hydrogens (primary N) is 1. The molecule has 2 rings (SSSR count). The summed E-state index contributed by atoms with van der Waals surface area (Å²) in [6.45, 7) is 1.92. The van der Waals surface area contributed by atoms with E-state index in [0.717, 1.165) is 15.7 Å². The molecule has 0 saturated heterocycles. The van der Waals surface area contributed by atoms with Gasteiger partial charge in [0.15, 0.2) is 5.16 Å². The first-order chi connectivity index (χ1) is 7.69. The summed E-state index contributed by atoms with van der Waals surface area (Å²) < 4.78 is 5.22. The lowest BCUT2D eigenvalue weighted by Gasteiger charge is -2.02. The minimum atomic E-state index is 0.489. The highest BCUT2D eigenvalue weighted by molar-refractivity contribution is 7.99. The lowest BCUT2D eigenvalue weighted by atomic mass is 10.5. The van der Waals surface area contributed by atoms with Crippen molar-refractivity contribution in [2.45, 2.75) is 22.0 Å². The Balaban J connectivity index is 2.28. The van der Waals surface area contributed by atoms with Gasteiger partial charge in [0, 0.05) is 6.07 Å². The van der Waals surface area contributed by atoms with Crippen molar-refractivity contribution in [2.24, 2.45) is 0 Å². The molecule has 0 fully saturated rings. The number of nitrogen functional groups attached to an aromatic ring is 1. The molecule has 16 heavy (non-hydrogen) atoms. The van der Waals surface area contributed by atoms with Crippen LogP contribution in [0.1, 0.15) is 5.76 Å². The summed E-state index contributed by atoms with van der Waals surface area (Å²) in [7, 11) is 0. The first kappa shape index (κ1) is 11.3. The number of hydrogen-bond acceptors (Lipinski definition) is 6. The van der Waals surface area contributed by atoms with Crippen LogP contribution in [-0.4, -0.2) is 16.2 Å². The molecule has 6 heteroatoms. The SMILES string of the molecule is CSc1nc(N)cc(Sc2ccoc2C)n1. The molecule has 2 aromatic heterocycles. The highest BCUT2D eigenvalue weighted by Crippen LogP contribution is 2.31. The zero-order chi connectivity index (χ0) is 11.5. The van der Waals surface area contributed by atoms with Crippen LogP contribution in [0.25, 0.3) is 0 Å². The van der Waals surface area contributed by atoms with Crippen molar-refractivity contribution >= 4 is 29.3 Å². The summed E-state index contributed by atoms with van der Waals surface area (Å²) in [5.74, 6) is 1.37. The van der Waals surface area contributed by atoms with Gasteiger partial charge in [-0.3, -0.25) is 0 Å². The van der Waals surface area contributed by atoms with Crippen LogP contribution in [0.15, 0.2) is 37.9 Å². The molecule has 0 aliphatic carbocycles. The molecule has 4 nitrogen and oxygen atoms in total. The van der Waals surface area contributed by atoms with Gasteiger partial charge in [-0.1, -0.05) is 23.5 Å². The third kappa shape index (κ3) is 2.51. The van der Waals surface area contributed by atoms with E-state index < -0.39 is 0 Å². The van der Waals surface area contributed by atoms with Crippen LogP contribution in [0.3, 0.4) is 0 Å². The van der Waals surface area contributed by atoms with Gasteiger partial charge in [0.2, 0.25) is 0 Å². The van der Waals surface area contributed by atoms with Crippen LogP contribution in [-0.2, 0) is 0 Å². The topological polar surface area (TPSA) is 64.9 Å². The van der Waals surface area contributed by atoms with E-state index >= 15 is 0 Å². The van der Waals surface area contributed by atoms with E-state index in [9.17, 15) is 0 Å². The number of hydrogen-bond donors (Lipinski definition) is 1. The van der Waals surface area contributed by atoms with Crippen molar-refractivity contribution in [1.82, 2.24) is 9.97 Å². The quantitative estimate of drug-likeness (QED) is 0.515. The molecule has 0 spiro atoms. The lowest BCUT2D eigenvalue weighted by Crippen LogP contribution is -1.95. The molecular formula is C10H11N3OS2. The van der Waals surface area contributed by atoms with Crippen LogP contribution < -0.4 is 5.73 Å². The monoisotopic (exact) mass is 253 g/mol. The van der Waals surface area contributed by atoms with Gasteiger partial charge < -0.3 is 10.2 Å². The molecule has 0 aliphatic rings. The second-order valence-electron chi connectivity index (χ2n) is 3.06. The fourth-order valence-corrected chi connectivity index (χ4v) is 2.45. The second kappa shape index (κ2) is 4.80. The van der Waals surface area contributed by atoms with Crippen molar-refractivity contribution < 1.29 is 4.42 Å². The minimum Gasteiger partial charge on any atom is -0.468 e. The van der Waals surface area contributed by atoms with Crippen LogP contribution in [0.2, 0.25) is 0 Å². The van der Waals surface area contributed by atoms with Crippen molar-refractivity contribution in [2.75, 3.05) is 12.0 Å². The van der Waals surface area contributed by atoms with Gasteiger partial charge in [-0.25, -0.2) is 9.97 Å². The van der Waals surface area contributed by atoms with Gasteiger partial charge in [0.25, 0.3) is 0 Å². The highest BCUT2D eigenvalue weighted by Gasteiger charge is 2.07. The molecule has 2 aromatic rings. The molecule has 0 aromatic carbocycles. The number of furan rings is 1. The van der Waals surface area contributed by atoms with Gasteiger partial charge >= 0.3 is 0 Å². The van der Waals surface area contributed by atoms with Crippen molar-refractivity contribution in [3.8, 4) is 0 Å². The Morgan fingerprint density at radius 1 is 1.38 bits per heavy atom.